The number of thioether (sulfide) groups is 1. The van der Waals surface area contributed by atoms with E-state index in [0.29, 0.717) is 0 Å². The summed E-state index contributed by atoms with van der Waals surface area (Å²) in [7, 11) is 0. The summed E-state index contributed by atoms with van der Waals surface area (Å²) in [5, 5.41) is 3.56. The van der Waals surface area contributed by atoms with Crippen LogP contribution in [-0.2, 0) is 13.1 Å². The lowest BCUT2D eigenvalue weighted by molar-refractivity contribution is 0.590. The largest absolute Gasteiger partial charge is 0.331 e. The van der Waals surface area contributed by atoms with Gasteiger partial charge in [-0.1, -0.05) is 6.92 Å². The van der Waals surface area contributed by atoms with Crippen molar-refractivity contribution >= 4 is 11.8 Å². The van der Waals surface area contributed by atoms with E-state index in [-0.39, 0.29) is 0 Å². The predicted octanol–water partition coefficient (Wildman–Crippen LogP) is 2.59. The molecule has 0 bridgehead atoms. The first-order valence-electron chi connectivity index (χ1n) is 6.63. The van der Waals surface area contributed by atoms with E-state index >= 15 is 0 Å². The quantitative estimate of drug-likeness (QED) is 0.722. The molecule has 1 aliphatic carbocycles. The van der Waals surface area contributed by atoms with Gasteiger partial charge in [0, 0.05) is 25.3 Å². The second kappa shape index (κ2) is 6.45. The number of nitrogens with zero attached hydrogens (tertiary/aromatic N) is 2. The number of imidazole rings is 1. The topological polar surface area (TPSA) is 29.9 Å². The average Bonchev–Trinajstić information content (AvgIpc) is 3.09. The minimum absolute atomic E-state index is 0.773. The molecule has 4 heteroatoms. The standard InChI is InChI=1S/C13H23N3S/c1-3-17-8-4-7-16-11(2)14-9-13(16)10-15-12-5-6-12/h9,12,15H,3-8,10H2,1-2H3. The minimum atomic E-state index is 0.773. The molecule has 0 radical (unpaired) electrons. The average molecular weight is 253 g/mol. The van der Waals surface area contributed by atoms with Crippen molar-refractivity contribution in [2.75, 3.05) is 11.5 Å². The number of aromatic nitrogens is 2. The minimum Gasteiger partial charge on any atom is -0.331 e. The monoisotopic (exact) mass is 253 g/mol. The van der Waals surface area contributed by atoms with Gasteiger partial charge in [-0.25, -0.2) is 4.98 Å². The lowest BCUT2D eigenvalue weighted by atomic mass is 10.4. The molecule has 96 valence electrons. The van der Waals surface area contributed by atoms with Gasteiger partial charge in [0.25, 0.3) is 0 Å². The zero-order chi connectivity index (χ0) is 12.1. The maximum absolute atomic E-state index is 4.43. The Bertz CT molecular complexity index is 344. The molecule has 0 aromatic carbocycles. The molecule has 1 heterocycles. The highest BCUT2D eigenvalue weighted by Crippen LogP contribution is 2.19. The van der Waals surface area contributed by atoms with Crippen molar-refractivity contribution in [2.45, 2.75) is 52.2 Å². The zero-order valence-electron chi connectivity index (χ0n) is 10.9. The SMILES string of the molecule is CCSCCCn1c(CNC2CC2)cnc1C. The molecule has 1 N–H and O–H groups in total. The van der Waals surface area contributed by atoms with Gasteiger partial charge in [-0.15, -0.1) is 0 Å². The summed E-state index contributed by atoms with van der Waals surface area (Å²) in [6.45, 7) is 6.42. The fourth-order valence-electron chi connectivity index (χ4n) is 1.97. The molecule has 0 unspecified atom stereocenters. The predicted molar refractivity (Wildman–Crippen MR) is 74.4 cm³/mol. The van der Waals surface area contributed by atoms with E-state index in [0.717, 1.165) is 25.0 Å². The van der Waals surface area contributed by atoms with Gasteiger partial charge in [0.05, 0.1) is 5.69 Å². The first kappa shape index (κ1) is 13.0. The van der Waals surface area contributed by atoms with Gasteiger partial charge in [-0.2, -0.15) is 11.8 Å². The van der Waals surface area contributed by atoms with Crippen molar-refractivity contribution in [3.63, 3.8) is 0 Å². The Hall–Kier alpha value is -0.480. The van der Waals surface area contributed by atoms with Crippen LogP contribution in [0.3, 0.4) is 0 Å². The van der Waals surface area contributed by atoms with Gasteiger partial charge >= 0.3 is 0 Å². The van der Waals surface area contributed by atoms with Gasteiger partial charge < -0.3 is 9.88 Å². The molecule has 2 rings (SSSR count). The number of hydrogen-bond donors (Lipinski definition) is 1. The Labute approximate surface area is 108 Å². The van der Waals surface area contributed by atoms with Crippen LogP contribution < -0.4 is 5.32 Å². The molecule has 0 atom stereocenters. The molecule has 1 aliphatic rings. The van der Waals surface area contributed by atoms with Crippen LogP contribution >= 0.6 is 11.8 Å². The molecule has 0 saturated heterocycles. The molecule has 1 aromatic heterocycles. The van der Waals surface area contributed by atoms with E-state index in [1.165, 1.54) is 36.5 Å². The molecule has 17 heavy (non-hydrogen) atoms. The summed E-state index contributed by atoms with van der Waals surface area (Å²) in [4.78, 5) is 4.43. The lowest BCUT2D eigenvalue weighted by Crippen LogP contribution is -2.18. The second-order valence-corrected chi connectivity index (χ2v) is 6.05. The van der Waals surface area contributed by atoms with Gasteiger partial charge in [-0.3, -0.25) is 0 Å². The van der Waals surface area contributed by atoms with Crippen LogP contribution in [-0.4, -0.2) is 27.1 Å². The first-order valence-corrected chi connectivity index (χ1v) is 7.79. The van der Waals surface area contributed by atoms with Crippen molar-refractivity contribution in [3.05, 3.63) is 17.7 Å². The Morgan fingerprint density at radius 3 is 3.06 bits per heavy atom. The number of rotatable bonds is 8. The highest BCUT2D eigenvalue weighted by Gasteiger charge is 2.20. The molecule has 1 fully saturated rings. The summed E-state index contributed by atoms with van der Waals surface area (Å²) in [6, 6.07) is 0.773. The maximum Gasteiger partial charge on any atom is 0.105 e. The van der Waals surface area contributed by atoms with E-state index < -0.39 is 0 Å². The Morgan fingerprint density at radius 2 is 2.35 bits per heavy atom. The fourth-order valence-corrected chi connectivity index (χ4v) is 2.59. The number of hydrogen-bond acceptors (Lipinski definition) is 3. The molecular formula is C13H23N3S. The molecule has 1 saturated carbocycles. The summed E-state index contributed by atoms with van der Waals surface area (Å²) in [6.07, 6.45) is 5.96. The van der Waals surface area contributed by atoms with E-state index in [2.05, 4.69) is 28.7 Å². The lowest BCUT2D eigenvalue weighted by Gasteiger charge is -2.10. The van der Waals surface area contributed by atoms with Crippen molar-refractivity contribution in [1.29, 1.82) is 0 Å². The fraction of sp³-hybridized carbons (Fsp3) is 0.769. The molecule has 0 amide bonds. The zero-order valence-corrected chi connectivity index (χ0v) is 11.7. The van der Waals surface area contributed by atoms with Crippen LogP contribution in [0.2, 0.25) is 0 Å². The van der Waals surface area contributed by atoms with E-state index in [4.69, 9.17) is 0 Å². The van der Waals surface area contributed by atoms with Gasteiger partial charge in [0.15, 0.2) is 0 Å². The van der Waals surface area contributed by atoms with Crippen LogP contribution in [0.25, 0.3) is 0 Å². The van der Waals surface area contributed by atoms with Crippen LogP contribution in [0.1, 0.15) is 37.7 Å². The summed E-state index contributed by atoms with van der Waals surface area (Å²) >= 11 is 2.02. The van der Waals surface area contributed by atoms with Gasteiger partial charge in [-0.05, 0) is 37.7 Å². The highest BCUT2D eigenvalue weighted by molar-refractivity contribution is 7.99. The van der Waals surface area contributed by atoms with Crippen LogP contribution in [0, 0.1) is 6.92 Å². The van der Waals surface area contributed by atoms with Crippen molar-refractivity contribution in [2.24, 2.45) is 0 Å². The maximum atomic E-state index is 4.43. The number of nitrogens with one attached hydrogen (secondary N) is 1. The highest BCUT2D eigenvalue weighted by atomic mass is 32.2. The molecule has 0 aliphatic heterocycles. The van der Waals surface area contributed by atoms with E-state index in [1.54, 1.807) is 0 Å². The smallest absolute Gasteiger partial charge is 0.105 e. The summed E-state index contributed by atoms with van der Waals surface area (Å²) in [5.41, 5.74) is 1.34. The third-order valence-corrected chi connectivity index (χ3v) is 4.15. The third kappa shape index (κ3) is 4.03. The van der Waals surface area contributed by atoms with Crippen molar-refractivity contribution < 1.29 is 0 Å². The molecular weight excluding hydrogens is 230 g/mol. The summed E-state index contributed by atoms with van der Waals surface area (Å²) in [5.74, 6) is 3.63. The summed E-state index contributed by atoms with van der Waals surface area (Å²) < 4.78 is 2.37. The van der Waals surface area contributed by atoms with Crippen molar-refractivity contribution in [3.8, 4) is 0 Å². The van der Waals surface area contributed by atoms with Crippen LogP contribution in [0.5, 0.6) is 0 Å². The number of aryl methyl sites for hydroxylation is 1. The molecule has 1 aromatic rings. The molecule has 0 spiro atoms. The van der Waals surface area contributed by atoms with E-state index in [9.17, 15) is 0 Å². The van der Waals surface area contributed by atoms with Crippen LogP contribution in [0.15, 0.2) is 6.20 Å². The Kier molecular flexibility index (Phi) is 4.92. The Balaban J connectivity index is 1.82. The second-order valence-electron chi connectivity index (χ2n) is 4.65. The van der Waals surface area contributed by atoms with E-state index in [1.807, 2.05) is 18.0 Å². The normalized spacial score (nSPS) is 15.4. The van der Waals surface area contributed by atoms with Gasteiger partial charge in [0.1, 0.15) is 5.82 Å². The van der Waals surface area contributed by atoms with Gasteiger partial charge in [0.2, 0.25) is 0 Å². The van der Waals surface area contributed by atoms with Crippen molar-refractivity contribution in [1.82, 2.24) is 14.9 Å². The first-order chi connectivity index (χ1) is 8.31. The van der Waals surface area contributed by atoms with Crippen LogP contribution in [0.4, 0.5) is 0 Å². The molecule has 3 nitrogen and oxygen atoms in total. The third-order valence-electron chi connectivity index (χ3n) is 3.16. The Morgan fingerprint density at radius 1 is 1.53 bits per heavy atom.